The van der Waals surface area contributed by atoms with Crippen molar-refractivity contribution in [2.24, 2.45) is 7.05 Å². The maximum Gasteiger partial charge on any atom is 0.0582 e. The third-order valence-corrected chi connectivity index (χ3v) is 1.57. The predicted molar refractivity (Wildman–Crippen MR) is 45.9 cm³/mol. The van der Waals surface area contributed by atoms with Crippen LogP contribution in [0.5, 0.6) is 0 Å². The Morgan fingerprint density at radius 2 is 2.45 bits per heavy atom. The maximum absolute atomic E-state index is 4.07. The molecule has 0 bridgehead atoms. The van der Waals surface area contributed by atoms with Crippen LogP contribution in [0.2, 0.25) is 0 Å². The summed E-state index contributed by atoms with van der Waals surface area (Å²) in [5.41, 5.74) is 2.23. The van der Waals surface area contributed by atoms with Crippen molar-refractivity contribution in [1.82, 2.24) is 15.1 Å². The van der Waals surface area contributed by atoms with Crippen molar-refractivity contribution in [3.63, 3.8) is 0 Å². The molecule has 0 amide bonds. The molecule has 3 heteroatoms. The Balaban J connectivity index is 2.91. The number of hydrogen-bond acceptors (Lipinski definition) is 2. The second-order valence-electron chi connectivity index (χ2n) is 2.36. The molecule has 0 aliphatic rings. The van der Waals surface area contributed by atoms with Crippen LogP contribution in [-0.4, -0.2) is 16.8 Å². The fourth-order valence-electron chi connectivity index (χ4n) is 1.02. The minimum absolute atomic E-state index is 1.11. The van der Waals surface area contributed by atoms with Gasteiger partial charge in [-0.05, 0) is 6.92 Å². The van der Waals surface area contributed by atoms with E-state index in [1.165, 1.54) is 0 Å². The van der Waals surface area contributed by atoms with Crippen molar-refractivity contribution in [3.8, 4) is 0 Å². The third-order valence-electron chi connectivity index (χ3n) is 1.57. The number of aryl methyl sites for hydroxylation is 1. The number of nitrogens with one attached hydrogen (secondary N) is 1. The summed E-state index contributed by atoms with van der Waals surface area (Å²) in [4.78, 5) is 0. The summed E-state index contributed by atoms with van der Waals surface area (Å²) in [6, 6.07) is 0. The van der Waals surface area contributed by atoms with Crippen LogP contribution in [0.3, 0.4) is 0 Å². The summed E-state index contributed by atoms with van der Waals surface area (Å²) in [5, 5.41) is 7.16. The van der Waals surface area contributed by atoms with Crippen molar-refractivity contribution in [3.05, 3.63) is 24.0 Å². The van der Waals surface area contributed by atoms with Crippen LogP contribution in [0.4, 0.5) is 0 Å². The van der Waals surface area contributed by atoms with E-state index in [0.717, 1.165) is 11.3 Å². The molecule has 1 aromatic rings. The van der Waals surface area contributed by atoms with E-state index in [2.05, 4.69) is 10.4 Å². The monoisotopic (exact) mass is 151 g/mol. The Bertz CT molecular complexity index is 260. The van der Waals surface area contributed by atoms with Crippen LogP contribution in [0, 0.1) is 0 Å². The summed E-state index contributed by atoms with van der Waals surface area (Å²) >= 11 is 0. The lowest BCUT2D eigenvalue weighted by molar-refractivity contribution is 0.767. The topological polar surface area (TPSA) is 29.9 Å². The van der Waals surface area contributed by atoms with E-state index in [-0.39, 0.29) is 0 Å². The molecule has 1 aromatic heterocycles. The summed E-state index contributed by atoms with van der Waals surface area (Å²) in [5.74, 6) is 0. The molecule has 0 saturated heterocycles. The molecule has 0 fully saturated rings. The van der Waals surface area contributed by atoms with Crippen molar-refractivity contribution < 1.29 is 0 Å². The molecular formula is C8H13N3. The molecule has 0 aromatic carbocycles. The predicted octanol–water partition coefficient (Wildman–Crippen LogP) is 1.00. The standard InChI is InChI=1S/C8H13N3/c1-4-8(9-2)7-5-10-11(3)6-7/h4-6,9H,1-3H3/b8-4-. The first kappa shape index (κ1) is 7.85. The molecule has 11 heavy (non-hydrogen) atoms. The van der Waals surface area contributed by atoms with E-state index in [9.17, 15) is 0 Å². The number of allylic oxidation sites excluding steroid dienone is 1. The largest absolute Gasteiger partial charge is 0.388 e. The van der Waals surface area contributed by atoms with Gasteiger partial charge >= 0.3 is 0 Å². The Labute approximate surface area is 66.7 Å². The van der Waals surface area contributed by atoms with E-state index in [1.54, 1.807) is 4.68 Å². The highest BCUT2D eigenvalue weighted by molar-refractivity contribution is 5.61. The molecule has 60 valence electrons. The molecule has 1 N–H and O–H groups in total. The zero-order valence-electron chi connectivity index (χ0n) is 7.13. The van der Waals surface area contributed by atoms with Crippen LogP contribution in [0.15, 0.2) is 18.5 Å². The lowest BCUT2D eigenvalue weighted by Crippen LogP contribution is -2.02. The van der Waals surface area contributed by atoms with Crippen LogP contribution in [0.25, 0.3) is 5.70 Å². The quantitative estimate of drug-likeness (QED) is 0.683. The second-order valence-corrected chi connectivity index (χ2v) is 2.36. The number of aromatic nitrogens is 2. The molecule has 1 rings (SSSR count). The van der Waals surface area contributed by atoms with Gasteiger partial charge in [0.2, 0.25) is 0 Å². The summed E-state index contributed by atoms with van der Waals surface area (Å²) < 4.78 is 1.79. The second kappa shape index (κ2) is 3.23. The average molecular weight is 151 g/mol. The summed E-state index contributed by atoms with van der Waals surface area (Å²) in [7, 11) is 3.81. The Hall–Kier alpha value is -1.25. The summed E-state index contributed by atoms with van der Waals surface area (Å²) in [6.45, 7) is 2.00. The van der Waals surface area contributed by atoms with Gasteiger partial charge in [0.1, 0.15) is 0 Å². The minimum atomic E-state index is 1.11. The molecular weight excluding hydrogens is 138 g/mol. The van der Waals surface area contributed by atoms with Gasteiger partial charge in [0.05, 0.1) is 6.20 Å². The third kappa shape index (κ3) is 1.61. The smallest absolute Gasteiger partial charge is 0.0582 e. The van der Waals surface area contributed by atoms with Crippen LogP contribution >= 0.6 is 0 Å². The number of rotatable bonds is 2. The van der Waals surface area contributed by atoms with Crippen LogP contribution in [-0.2, 0) is 7.05 Å². The first-order valence-corrected chi connectivity index (χ1v) is 3.61. The SMILES string of the molecule is C/C=C(\NC)c1cnn(C)c1. The van der Waals surface area contributed by atoms with Gasteiger partial charge in [-0.15, -0.1) is 0 Å². The van der Waals surface area contributed by atoms with Gasteiger partial charge in [0.25, 0.3) is 0 Å². The molecule has 3 nitrogen and oxygen atoms in total. The molecule has 0 spiro atoms. The zero-order chi connectivity index (χ0) is 8.27. The Morgan fingerprint density at radius 1 is 1.73 bits per heavy atom. The van der Waals surface area contributed by atoms with Crippen LogP contribution < -0.4 is 5.32 Å². The fourth-order valence-corrected chi connectivity index (χ4v) is 1.02. The molecule has 0 unspecified atom stereocenters. The summed E-state index contributed by atoms with van der Waals surface area (Å²) in [6.07, 6.45) is 5.84. The Kier molecular flexibility index (Phi) is 2.31. The maximum atomic E-state index is 4.07. The van der Waals surface area contributed by atoms with Crippen molar-refractivity contribution in [2.75, 3.05) is 7.05 Å². The van der Waals surface area contributed by atoms with Gasteiger partial charge in [0.15, 0.2) is 0 Å². The molecule has 0 aliphatic heterocycles. The van der Waals surface area contributed by atoms with Crippen molar-refractivity contribution >= 4 is 5.70 Å². The lowest BCUT2D eigenvalue weighted by Gasteiger charge is -2.00. The molecule has 0 atom stereocenters. The van der Waals surface area contributed by atoms with Gasteiger partial charge in [-0.25, -0.2) is 0 Å². The average Bonchev–Trinajstić information content (AvgIpc) is 2.39. The van der Waals surface area contributed by atoms with Gasteiger partial charge in [-0.1, -0.05) is 6.08 Å². The fraction of sp³-hybridized carbons (Fsp3) is 0.375. The highest BCUT2D eigenvalue weighted by Gasteiger charge is 1.98. The first-order valence-electron chi connectivity index (χ1n) is 3.61. The van der Waals surface area contributed by atoms with Gasteiger partial charge < -0.3 is 5.32 Å². The first-order chi connectivity index (χ1) is 5.27. The van der Waals surface area contributed by atoms with Crippen molar-refractivity contribution in [1.29, 1.82) is 0 Å². The van der Waals surface area contributed by atoms with Crippen molar-refractivity contribution in [2.45, 2.75) is 6.92 Å². The number of nitrogens with zero attached hydrogens (tertiary/aromatic N) is 2. The lowest BCUT2D eigenvalue weighted by atomic mass is 10.2. The number of hydrogen-bond donors (Lipinski definition) is 1. The van der Waals surface area contributed by atoms with Gasteiger partial charge in [-0.2, -0.15) is 5.10 Å². The highest BCUT2D eigenvalue weighted by Crippen LogP contribution is 2.07. The molecule has 0 saturated carbocycles. The Morgan fingerprint density at radius 3 is 2.82 bits per heavy atom. The van der Waals surface area contributed by atoms with E-state index in [0.29, 0.717) is 0 Å². The molecule has 0 aliphatic carbocycles. The van der Waals surface area contributed by atoms with Gasteiger partial charge in [0, 0.05) is 31.6 Å². The van der Waals surface area contributed by atoms with E-state index in [4.69, 9.17) is 0 Å². The van der Waals surface area contributed by atoms with E-state index >= 15 is 0 Å². The van der Waals surface area contributed by atoms with Crippen LogP contribution in [0.1, 0.15) is 12.5 Å². The van der Waals surface area contributed by atoms with E-state index in [1.807, 2.05) is 39.5 Å². The van der Waals surface area contributed by atoms with Gasteiger partial charge in [-0.3, -0.25) is 4.68 Å². The zero-order valence-corrected chi connectivity index (χ0v) is 7.13. The molecule has 0 radical (unpaired) electrons. The normalized spacial score (nSPS) is 11.7. The highest BCUT2D eigenvalue weighted by atomic mass is 15.2. The minimum Gasteiger partial charge on any atom is -0.388 e. The molecule has 1 heterocycles. The van der Waals surface area contributed by atoms with E-state index < -0.39 is 0 Å².